The fourth-order valence-corrected chi connectivity index (χ4v) is 3.06. The number of aromatic nitrogens is 4. The molecule has 3 aromatic rings. The molecule has 2 aromatic carbocycles. The molecule has 9 nitrogen and oxygen atoms in total. The molecule has 0 fully saturated rings. The zero-order valence-corrected chi connectivity index (χ0v) is 16.7. The number of anilines is 1. The summed E-state index contributed by atoms with van der Waals surface area (Å²) >= 11 is 1.23. The van der Waals surface area contributed by atoms with Crippen molar-refractivity contribution < 1.29 is 19.1 Å². The second kappa shape index (κ2) is 9.69. The lowest BCUT2D eigenvalue weighted by atomic mass is 10.2. The van der Waals surface area contributed by atoms with Crippen molar-refractivity contribution in [3.05, 3.63) is 59.7 Å². The van der Waals surface area contributed by atoms with E-state index in [4.69, 9.17) is 9.47 Å². The number of hydrogen-bond donors (Lipinski definition) is 1. The summed E-state index contributed by atoms with van der Waals surface area (Å²) in [4.78, 5) is 24.3. The molecule has 0 unspecified atom stereocenters. The zero-order chi connectivity index (χ0) is 20.6. The molecule has 1 aromatic heterocycles. The third kappa shape index (κ3) is 5.55. The van der Waals surface area contributed by atoms with E-state index in [1.807, 2.05) is 18.2 Å². The average molecular weight is 413 g/mol. The molecule has 1 amide bonds. The van der Waals surface area contributed by atoms with E-state index in [2.05, 4.69) is 20.8 Å². The van der Waals surface area contributed by atoms with E-state index in [1.54, 1.807) is 44.5 Å². The second-order valence-electron chi connectivity index (χ2n) is 5.89. The molecule has 0 radical (unpaired) electrons. The SMILES string of the molecule is COc1ccccc1COC(=O)c1ccc(NC(=O)CSc2nnnn2C)cc1. The molecule has 29 heavy (non-hydrogen) atoms. The largest absolute Gasteiger partial charge is 0.496 e. The van der Waals surface area contributed by atoms with Crippen LogP contribution in [0.2, 0.25) is 0 Å². The highest BCUT2D eigenvalue weighted by Gasteiger charge is 2.11. The maximum absolute atomic E-state index is 12.2. The van der Waals surface area contributed by atoms with E-state index < -0.39 is 5.97 Å². The molecule has 0 saturated carbocycles. The van der Waals surface area contributed by atoms with E-state index >= 15 is 0 Å². The van der Waals surface area contributed by atoms with E-state index in [0.717, 1.165) is 5.56 Å². The van der Waals surface area contributed by atoms with E-state index in [1.165, 1.54) is 16.4 Å². The van der Waals surface area contributed by atoms with Crippen molar-refractivity contribution in [3.8, 4) is 5.75 Å². The second-order valence-corrected chi connectivity index (χ2v) is 6.83. The van der Waals surface area contributed by atoms with Gasteiger partial charge in [-0.05, 0) is 40.8 Å². The molecule has 0 aliphatic heterocycles. The van der Waals surface area contributed by atoms with Crippen molar-refractivity contribution in [2.24, 2.45) is 7.05 Å². The van der Waals surface area contributed by atoms with Crippen LogP contribution in [0.25, 0.3) is 0 Å². The molecule has 150 valence electrons. The molecule has 0 saturated heterocycles. The standard InChI is InChI=1S/C19H19N5O4S/c1-24-19(21-22-23-24)29-12-17(25)20-15-9-7-13(8-10-15)18(26)28-11-14-5-3-4-6-16(14)27-2/h3-10H,11-12H2,1-2H3,(H,20,25). The van der Waals surface area contributed by atoms with Crippen molar-refractivity contribution in [3.63, 3.8) is 0 Å². The van der Waals surface area contributed by atoms with Gasteiger partial charge in [-0.2, -0.15) is 0 Å². The minimum Gasteiger partial charge on any atom is -0.496 e. The van der Waals surface area contributed by atoms with Crippen molar-refractivity contribution in [1.82, 2.24) is 20.2 Å². The third-order valence-electron chi connectivity index (χ3n) is 3.87. The number of esters is 1. The van der Waals surface area contributed by atoms with Crippen LogP contribution in [0.5, 0.6) is 5.75 Å². The maximum Gasteiger partial charge on any atom is 0.338 e. The van der Waals surface area contributed by atoms with Gasteiger partial charge in [-0.1, -0.05) is 30.0 Å². The number of carbonyl (C=O) groups excluding carboxylic acids is 2. The number of ether oxygens (including phenoxy) is 2. The minimum absolute atomic E-state index is 0.107. The summed E-state index contributed by atoms with van der Waals surface area (Å²) in [5.41, 5.74) is 1.74. The van der Waals surface area contributed by atoms with Gasteiger partial charge >= 0.3 is 5.97 Å². The van der Waals surface area contributed by atoms with Gasteiger partial charge < -0.3 is 14.8 Å². The smallest absolute Gasteiger partial charge is 0.338 e. The predicted molar refractivity (Wildman–Crippen MR) is 107 cm³/mol. The lowest BCUT2D eigenvalue weighted by Gasteiger charge is -2.09. The first kappa shape index (κ1) is 20.3. The fraction of sp³-hybridized carbons (Fsp3) is 0.211. The Morgan fingerprint density at radius 3 is 2.59 bits per heavy atom. The first-order valence-electron chi connectivity index (χ1n) is 8.61. The van der Waals surface area contributed by atoms with Crippen molar-refractivity contribution in [2.75, 3.05) is 18.2 Å². The topological polar surface area (TPSA) is 108 Å². The quantitative estimate of drug-likeness (QED) is 0.443. The molecular formula is C19H19N5O4S. The summed E-state index contributed by atoms with van der Waals surface area (Å²) in [7, 11) is 3.27. The number of para-hydroxylation sites is 1. The van der Waals surface area contributed by atoms with Gasteiger partial charge in [0.2, 0.25) is 11.1 Å². The molecular weight excluding hydrogens is 394 g/mol. The van der Waals surface area contributed by atoms with Gasteiger partial charge in [-0.3, -0.25) is 4.79 Å². The van der Waals surface area contributed by atoms with Gasteiger partial charge in [0.25, 0.3) is 0 Å². The number of carbonyl (C=O) groups is 2. The third-order valence-corrected chi connectivity index (χ3v) is 4.88. The Kier molecular flexibility index (Phi) is 6.80. The Hall–Kier alpha value is -3.40. The number of thioether (sulfide) groups is 1. The summed E-state index contributed by atoms with van der Waals surface area (Å²) in [5, 5.41) is 14.3. The van der Waals surface area contributed by atoms with Crippen LogP contribution < -0.4 is 10.1 Å². The summed E-state index contributed by atoms with van der Waals surface area (Å²) in [6, 6.07) is 13.8. The van der Waals surface area contributed by atoms with Crippen LogP contribution in [-0.2, 0) is 23.2 Å². The molecule has 1 heterocycles. The number of benzene rings is 2. The normalized spacial score (nSPS) is 10.4. The van der Waals surface area contributed by atoms with Gasteiger partial charge in [-0.25, -0.2) is 9.48 Å². The Labute approximate surface area is 171 Å². The lowest BCUT2D eigenvalue weighted by molar-refractivity contribution is -0.113. The van der Waals surface area contributed by atoms with Crippen LogP contribution in [0.4, 0.5) is 5.69 Å². The number of hydrogen-bond acceptors (Lipinski definition) is 8. The molecule has 0 atom stereocenters. The van der Waals surface area contributed by atoms with Gasteiger partial charge in [-0.15, -0.1) is 5.10 Å². The van der Waals surface area contributed by atoms with Crippen LogP contribution in [0.15, 0.2) is 53.7 Å². The van der Waals surface area contributed by atoms with Crippen molar-refractivity contribution in [2.45, 2.75) is 11.8 Å². The number of nitrogens with zero attached hydrogens (tertiary/aromatic N) is 4. The molecule has 0 spiro atoms. The van der Waals surface area contributed by atoms with Gasteiger partial charge in [0.15, 0.2) is 0 Å². The molecule has 1 N–H and O–H groups in total. The Bertz CT molecular complexity index is 990. The highest BCUT2D eigenvalue weighted by molar-refractivity contribution is 7.99. The van der Waals surface area contributed by atoms with Crippen LogP contribution >= 0.6 is 11.8 Å². The van der Waals surface area contributed by atoms with Gasteiger partial charge in [0.05, 0.1) is 18.4 Å². The number of nitrogens with one attached hydrogen (secondary N) is 1. The van der Waals surface area contributed by atoms with Crippen LogP contribution in [-0.4, -0.2) is 44.9 Å². The first-order chi connectivity index (χ1) is 14.1. The fourth-order valence-electron chi connectivity index (χ4n) is 2.41. The predicted octanol–water partition coefficient (Wildman–Crippen LogP) is 2.31. The highest BCUT2D eigenvalue weighted by Crippen LogP contribution is 2.19. The number of tetrazole rings is 1. The summed E-state index contributed by atoms with van der Waals surface area (Å²) in [5.74, 6) is 0.161. The number of methoxy groups -OCH3 is 1. The van der Waals surface area contributed by atoms with Crippen molar-refractivity contribution >= 4 is 29.3 Å². The molecule has 10 heteroatoms. The zero-order valence-electron chi connectivity index (χ0n) is 15.9. The number of rotatable bonds is 8. The van der Waals surface area contributed by atoms with Crippen LogP contribution in [0.3, 0.4) is 0 Å². The molecule has 0 aliphatic rings. The van der Waals surface area contributed by atoms with Gasteiger partial charge in [0, 0.05) is 18.3 Å². The summed E-state index contributed by atoms with van der Waals surface area (Å²) in [6.07, 6.45) is 0. The van der Waals surface area contributed by atoms with Crippen LogP contribution in [0.1, 0.15) is 15.9 Å². The number of amides is 1. The Balaban J connectivity index is 1.50. The van der Waals surface area contributed by atoms with Crippen LogP contribution in [0, 0.1) is 0 Å². The maximum atomic E-state index is 12.2. The molecule has 3 rings (SSSR count). The Morgan fingerprint density at radius 2 is 1.90 bits per heavy atom. The Morgan fingerprint density at radius 1 is 1.14 bits per heavy atom. The summed E-state index contributed by atoms with van der Waals surface area (Å²) in [6.45, 7) is 0.107. The van der Waals surface area contributed by atoms with E-state index in [0.29, 0.717) is 22.2 Å². The molecule has 0 aliphatic carbocycles. The first-order valence-corrected chi connectivity index (χ1v) is 9.59. The van der Waals surface area contributed by atoms with E-state index in [9.17, 15) is 9.59 Å². The van der Waals surface area contributed by atoms with Gasteiger partial charge in [0.1, 0.15) is 12.4 Å². The molecule has 0 bridgehead atoms. The monoisotopic (exact) mass is 413 g/mol. The van der Waals surface area contributed by atoms with E-state index in [-0.39, 0.29) is 18.3 Å². The lowest BCUT2D eigenvalue weighted by Crippen LogP contribution is -2.14. The minimum atomic E-state index is -0.459. The summed E-state index contributed by atoms with van der Waals surface area (Å²) < 4.78 is 12.1. The number of aryl methyl sites for hydroxylation is 1. The highest BCUT2D eigenvalue weighted by atomic mass is 32.2. The van der Waals surface area contributed by atoms with Crippen molar-refractivity contribution in [1.29, 1.82) is 0 Å². The average Bonchev–Trinajstić information content (AvgIpc) is 3.16.